The molecule has 0 atom stereocenters. The van der Waals surface area contributed by atoms with E-state index in [0.29, 0.717) is 34.1 Å². The normalized spacial score (nSPS) is 10.8. The smallest absolute Gasteiger partial charge is 0.284 e. The van der Waals surface area contributed by atoms with Crippen LogP contribution in [0.3, 0.4) is 0 Å². The highest BCUT2D eigenvalue weighted by molar-refractivity contribution is 5.94. The minimum Gasteiger partial charge on any atom is -0.493 e. The number of carbonyl (C=O) groups is 1. The Labute approximate surface area is 150 Å². The van der Waals surface area contributed by atoms with Gasteiger partial charge in [0, 0.05) is 11.3 Å². The molecule has 1 amide bonds. The maximum Gasteiger partial charge on any atom is 0.284 e. The summed E-state index contributed by atoms with van der Waals surface area (Å²) in [4.78, 5) is 24.0. The number of methoxy groups -OCH3 is 3. The fraction of sp³-hybridized carbons (Fsp3) is 0.278. The highest BCUT2D eigenvalue weighted by Crippen LogP contribution is 2.37. The molecule has 0 saturated carbocycles. The second kappa shape index (κ2) is 7.73. The third-order valence-electron chi connectivity index (χ3n) is 3.82. The standard InChI is InChI=1S/C18H21N3O5/c1-10-6-11(2)21(18(23)15(10)17(19)22)20-9-12-7-13(24-3)16(26-5)14(8-12)25-4/h6-9H,1-5H3,(H2,19,22)/b20-9-. The Morgan fingerprint density at radius 2 is 1.65 bits per heavy atom. The number of aryl methyl sites for hydroxylation is 2. The first kappa shape index (κ1) is 19.0. The second-order valence-electron chi connectivity index (χ2n) is 5.53. The lowest BCUT2D eigenvalue weighted by Gasteiger charge is -2.13. The quantitative estimate of drug-likeness (QED) is 0.787. The average Bonchev–Trinajstić information content (AvgIpc) is 2.59. The number of amides is 1. The third kappa shape index (κ3) is 3.53. The molecule has 0 fully saturated rings. The minimum absolute atomic E-state index is 0.0855. The molecule has 1 aromatic carbocycles. The van der Waals surface area contributed by atoms with Gasteiger partial charge >= 0.3 is 0 Å². The summed E-state index contributed by atoms with van der Waals surface area (Å²) in [5, 5.41) is 4.19. The summed E-state index contributed by atoms with van der Waals surface area (Å²) in [6, 6.07) is 5.05. The Hall–Kier alpha value is -3.29. The van der Waals surface area contributed by atoms with Crippen molar-refractivity contribution in [1.82, 2.24) is 4.68 Å². The number of carbonyl (C=O) groups excluding carboxylic acids is 1. The predicted molar refractivity (Wildman–Crippen MR) is 97.8 cm³/mol. The number of pyridine rings is 1. The molecule has 0 unspecified atom stereocenters. The molecule has 26 heavy (non-hydrogen) atoms. The summed E-state index contributed by atoms with van der Waals surface area (Å²) < 4.78 is 17.0. The van der Waals surface area contributed by atoms with Crippen LogP contribution in [0.15, 0.2) is 28.1 Å². The van der Waals surface area contributed by atoms with Crippen LogP contribution in [-0.4, -0.2) is 38.1 Å². The van der Waals surface area contributed by atoms with Crippen LogP contribution in [-0.2, 0) is 0 Å². The predicted octanol–water partition coefficient (Wildman–Crippen LogP) is 1.47. The van der Waals surface area contributed by atoms with Gasteiger partial charge in [0.2, 0.25) is 5.75 Å². The number of nitrogens with two attached hydrogens (primary N) is 1. The van der Waals surface area contributed by atoms with Gasteiger partial charge in [-0.3, -0.25) is 9.59 Å². The van der Waals surface area contributed by atoms with Gasteiger partial charge in [-0.1, -0.05) is 0 Å². The Morgan fingerprint density at radius 1 is 1.08 bits per heavy atom. The van der Waals surface area contributed by atoms with Crippen LogP contribution >= 0.6 is 0 Å². The SMILES string of the molecule is COc1cc(/C=N\n2c(C)cc(C)c(C(N)=O)c2=O)cc(OC)c1OC. The van der Waals surface area contributed by atoms with Crippen LogP contribution in [0.2, 0.25) is 0 Å². The van der Waals surface area contributed by atoms with Gasteiger partial charge in [-0.15, -0.1) is 0 Å². The zero-order valence-electron chi connectivity index (χ0n) is 15.3. The first-order valence-electron chi connectivity index (χ1n) is 7.71. The number of nitrogens with zero attached hydrogens (tertiary/aromatic N) is 2. The molecule has 0 radical (unpaired) electrons. The van der Waals surface area contributed by atoms with Crippen molar-refractivity contribution in [3.63, 3.8) is 0 Å². The molecule has 2 N–H and O–H groups in total. The van der Waals surface area contributed by atoms with E-state index in [0.717, 1.165) is 4.68 Å². The van der Waals surface area contributed by atoms with Crippen LogP contribution in [0.1, 0.15) is 27.2 Å². The molecule has 1 aromatic heterocycles. The average molecular weight is 359 g/mol. The van der Waals surface area contributed by atoms with E-state index in [9.17, 15) is 9.59 Å². The van der Waals surface area contributed by atoms with Crippen LogP contribution in [0.25, 0.3) is 0 Å². The number of primary amides is 1. The van der Waals surface area contributed by atoms with Crippen molar-refractivity contribution in [1.29, 1.82) is 0 Å². The first-order valence-corrected chi connectivity index (χ1v) is 7.71. The number of ether oxygens (including phenoxy) is 3. The van der Waals surface area contributed by atoms with E-state index in [1.807, 2.05) is 0 Å². The Bertz CT molecular complexity index is 906. The zero-order chi connectivity index (χ0) is 19.4. The fourth-order valence-corrected chi connectivity index (χ4v) is 2.62. The monoisotopic (exact) mass is 359 g/mol. The topological polar surface area (TPSA) is 105 Å². The van der Waals surface area contributed by atoms with E-state index in [1.165, 1.54) is 27.5 Å². The summed E-state index contributed by atoms with van der Waals surface area (Å²) in [5.74, 6) is 0.578. The molecular formula is C18H21N3O5. The second-order valence-corrected chi connectivity index (χ2v) is 5.53. The van der Waals surface area contributed by atoms with Gasteiger partial charge < -0.3 is 19.9 Å². The lowest BCUT2D eigenvalue weighted by molar-refractivity contribution is 0.0997. The van der Waals surface area contributed by atoms with E-state index in [2.05, 4.69) is 5.10 Å². The van der Waals surface area contributed by atoms with Crippen molar-refractivity contribution in [3.8, 4) is 17.2 Å². The molecule has 0 aliphatic rings. The van der Waals surface area contributed by atoms with E-state index in [1.54, 1.807) is 32.0 Å². The molecule has 2 aromatic rings. The van der Waals surface area contributed by atoms with Gasteiger partial charge in [0.15, 0.2) is 11.5 Å². The van der Waals surface area contributed by atoms with Crippen molar-refractivity contribution in [2.75, 3.05) is 21.3 Å². The Kier molecular flexibility index (Phi) is 5.66. The maximum absolute atomic E-state index is 12.5. The van der Waals surface area contributed by atoms with Crippen LogP contribution in [0.4, 0.5) is 0 Å². The number of benzene rings is 1. The summed E-state index contributed by atoms with van der Waals surface area (Å²) >= 11 is 0. The molecular weight excluding hydrogens is 338 g/mol. The van der Waals surface area contributed by atoms with E-state index in [4.69, 9.17) is 19.9 Å². The molecule has 0 spiro atoms. The fourth-order valence-electron chi connectivity index (χ4n) is 2.62. The van der Waals surface area contributed by atoms with E-state index >= 15 is 0 Å². The van der Waals surface area contributed by atoms with E-state index < -0.39 is 11.5 Å². The van der Waals surface area contributed by atoms with Crippen molar-refractivity contribution >= 4 is 12.1 Å². The summed E-state index contributed by atoms with van der Waals surface area (Å²) in [5.41, 5.74) is 6.34. The van der Waals surface area contributed by atoms with Gasteiger partial charge in [-0.2, -0.15) is 5.10 Å². The molecule has 8 nitrogen and oxygen atoms in total. The van der Waals surface area contributed by atoms with Gasteiger partial charge in [-0.05, 0) is 37.6 Å². The van der Waals surface area contributed by atoms with Crippen molar-refractivity contribution < 1.29 is 19.0 Å². The minimum atomic E-state index is -0.788. The number of aromatic nitrogens is 1. The summed E-state index contributed by atoms with van der Waals surface area (Å²) in [6.07, 6.45) is 1.46. The van der Waals surface area contributed by atoms with Crippen molar-refractivity contribution in [2.24, 2.45) is 10.8 Å². The lowest BCUT2D eigenvalue weighted by atomic mass is 10.1. The lowest BCUT2D eigenvalue weighted by Crippen LogP contribution is -2.30. The van der Waals surface area contributed by atoms with Crippen molar-refractivity contribution in [3.05, 3.63) is 50.9 Å². The largest absolute Gasteiger partial charge is 0.493 e. The van der Waals surface area contributed by atoms with Gasteiger partial charge in [-0.25, -0.2) is 4.68 Å². The molecule has 8 heteroatoms. The summed E-state index contributed by atoms with van der Waals surface area (Å²) in [6.45, 7) is 3.37. The van der Waals surface area contributed by atoms with Crippen molar-refractivity contribution in [2.45, 2.75) is 13.8 Å². The highest BCUT2D eigenvalue weighted by Gasteiger charge is 2.15. The van der Waals surface area contributed by atoms with Gasteiger partial charge in [0.05, 0.1) is 27.5 Å². The molecule has 0 bridgehead atoms. The molecule has 1 heterocycles. The number of hydrogen-bond donors (Lipinski definition) is 1. The van der Waals surface area contributed by atoms with E-state index in [-0.39, 0.29) is 5.56 Å². The maximum atomic E-state index is 12.5. The van der Waals surface area contributed by atoms with Crippen LogP contribution < -0.4 is 25.5 Å². The third-order valence-corrected chi connectivity index (χ3v) is 3.82. The van der Waals surface area contributed by atoms with Gasteiger partial charge in [0.25, 0.3) is 11.5 Å². The first-order chi connectivity index (χ1) is 12.3. The number of rotatable bonds is 6. The summed E-state index contributed by atoms with van der Waals surface area (Å²) in [7, 11) is 4.52. The molecule has 0 aliphatic carbocycles. The zero-order valence-corrected chi connectivity index (χ0v) is 15.3. The molecule has 2 rings (SSSR count). The Morgan fingerprint density at radius 3 is 2.12 bits per heavy atom. The van der Waals surface area contributed by atoms with Crippen LogP contribution in [0.5, 0.6) is 17.2 Å². The number of hydrogen-bond acceptors (Lipinski definition) is 6. The van der Waals surface area contributed by atoms with Crippen LogP contribution in [0, 0.1) is 13.8 Å². The highest BCUT2D eigenvalue weighted by atomic mass is 16.5. The molecule has 138 valence electrons. The van der Waals surface area contributed by atoms with Gasteiger partial charge in [0.1, 0.15) is 5.56 Å². The molecule has 0 saturated heterocycles. The Balaban J connectivity index is 2.56. The molecule has 0 aliphatic heterocycles.